The summed E-state index contributed by atoms with van der Waals surface area (Å²) in [7, 11) is 0. The van der Waals surface area contributed by atoms with Crippen molar-refractivity contribution < 1.29 is 14.4 Å². The lowest BCUT2D eigenvalue weighted by Crippen LogP contribution is -2.34. The van der Waals surface area contributed by atoms with Crippen molar-refractivity contribution in [3.05, 3.63) is 60.3 Å². The molecule has 0 radical (unpaired) electrons. The summed E-state index contributed by atoms with van der Waals surface area (Å²) in [4.78, 5) is 10.3. The van der Waals surface area contributed by atoms with Crippen LogP contribution in [0.25, 0.3) is 34.0 Å². The van der Waals surface area contributed by atoms with Crippen molar-refractivity contribution in [3.8, 4) is 39.7 Å². The zero-order valence-electron chi connectivity index (χ0n) is 21.0. The molecule has 5 rings (SSSR count). The Kier molecular flexibility index (Phi) is 7.73. The van der Waals surface area contributed by atoms with Crippen LogP contribution in [0.5, 0.6) is 5.75 Å². The minimum absolute atomic E-state index is 0.210. The number of nitrogens with two attached hydrogens (primary N) is 1. The molecule has 9 heteroatoms. The third-order valence-electron chi connectivity index (χ3n) is 6.25. The van der Waals surface area contributed by atoms with E-state index in [-0.39, 0.29) is 11.6 Å². The van der Waals surface area contributed by atoms with Crippen LogP contribution in [0.4, 0.5) is 5.82 Å². The maximum atomic E-state index is 10.6. The number of aromatic nitrogens is 3. The van der Waals surface area contributed by atoms with E-state index < -0.39 is 0 Å². The number of ether oxygens (including phenoxy) is 1. The number of nitrogens with zero attached hydrogens (tertiary/aromatic N) is 3. The van der Waals surface area contributed by atoms with Gasteiger partial charge in [0.2, 0.25) is 0 Å². The Morgan fingerprint density at radius 2 is 1.81 bits per heavy atom. The Morgan fingerprint density at radius 3 is 2.54 bits per heavy atom. The molecule has 1 aliphatic rings. The number of phenolic OH excluding ortho intramolecular Hbond substituents is 1. The van der Waals surface area contributed by atoms with E-state index in [1.54, 1.807) is 18.3 Å². The van der Waals surface area contributed by atoms with Crippen molar-refractivity contribution in [2.24, 2.45) is 0 Å². The van der Waals surface area contributed by atoms with Gasteiger partial charge in [-0.1, -0.05) is 43.3 Å². The number of aromatic hydroxyl groups is 1. The van der Waals surface area contributed by atoms with Gasteiger partial charge in [-0.15, -0.1) is 11.8 Å². The van der Waals surface area contributed by atoms with Crippen LogP contribution in [0.3, 0.4) is 0 Å². The van der Waals surface area contributed by atoms with Crippen molar-refractivity contribution in [1.82, 2.24) is 20.4 Å². The Labute approximate surface area is 220 Å². The molecule has 2 aromatic carbocycles. The second-order valence-electron chi connectivity index (χ2n) is 9.37. The van der Waals surface area contributed by atoms with Gasteiger partial charge in [-0.3, -0.25) is 0 Å². The molecule has 2 aromatic heterocycles. The summed E-state index contributed by atoms with van der Waals surface area (Å²) in [5, 5.41) is 18.8. The maximum absolute atomic E-state index is 10.6. The van der Waals surface area contributed by atoms with Gasteiger partial charge in [0.15, 0.2) is 17.3 Å². The van der Waals surface area contributed by atoms with Gasteiger partial charge in [0, 0.05) is 58.7 Å². The average molecular weight is 518 g/mol. The third kappa shape index (κ3) is 6.12. The monoisotopic (exact) mass is 517 g/mol. The molecule has 0 bridgehead atoms. The first-order valence-corrected chi connectivity index (χ1v) is 13.3. The van der Waals surface area contributed by atoms with Crippen LogP contribution >= 0.6 is 11.8 Å². The van der Waals surface area contributed by atoms with Crippen molar-refractivity contribution in [2.45, 2.75) is 49.4 Å². The lowest BCUT2D eigenvalue weighted by Gasteiger charge is -2.23. The highest BCUT2D eigenvalue weighted by atomic mass is 32.2. The minimum Gasteiger partial charge on any atom is -0.508 e. The van der Waals surface area contributed by atoms with Crippen molar-refractivity contribution in [3.63, 3.8) is 0 Å². The molecule has 3 heterocycles. The summed E-state index contributed by atoms with van der Waals surface area (Å²) >= 11 is 1.81. The summed E-state index contributed by atoms with van der Waals surface area (Å²) in [6.07, 6.45) is 3.62. The van der Waals surface area contributed by atoms with Crippen LogP contribution in [-0.4, -0.2) is 44.7 Å². The lowest BCUT2D eigenvalue weighted by molar-refractivity contribution is 0.0775. The van der Waals surface area contributed by atoms with E-state index in [1.807, 2.05) is 36.0 Å². The first kappa shape index (κ1) is 25.3. The van der Waals surface area contributed by atoms with Crippen LogP contribution < -0.4 is 11.1 Å². The number of benzene rings is 2. The highest BCUT2D eigenvalue weighted by Gasteiger charge is 2.17. The van der Waals surface area contributed by atoms with E-state index in [9.17, 15) is 5.11 Å². The summed E-state index contributed by atoms with van der Waals surface area (Å²) < 4.78 is 11.0. The number of anilines is 1. The second kappa shape index (κ2) is 11.3. The highest BCUT2D eigenvalue weighted by molar-refractivity contribution is 7.99. The van der Waals surface area contributed by atoms with E-state index in [0.717, 1.165) is 42.7 Å². The van der Waals surface area contributed by atoms with Gasteiger partial charge in [-0.2, -0.15) is 0 Å². The van der Waals surface area contributed by atoms with E-state index in [4.69, 9.17) is 20.0 Å². The van der Waals surface area contributed by atoms with Crippen molar-refractivity contribution in [2.75, 3.05) is 18.9 Å². The van der Waals surface area contributed by atoms with Gasteiger partial charge in [0.1, 0.15) is 11.4 Å². The zero-order valence-corrected chi connectivity index (χ0v) is 21.8. The van der Waals surface area contributed by atoms with E-state index in [0.29, 0.717) is 40.7 Å². The second-order valence-corrected chi connectivity index (χ2v) is 11.0. The maximum Gasteiger partial charge on any atom is 0.189 e. The Balaban J connectivity index is 1.32. The molecule has 192 valence electrons. The van der Waals surface area contributed by atoms with E-state index in [2.05, 4.69) is 41.4 Å². The summed E-state index contributed by atoms with van der Waals surface area (Å²) in [6.45, 7) is 6.49. The molecular weight excluding hydrogens is 486 g/mol. The largest absolute Gasteiger partial charge is 0.508 e. The normalized spacial score (nSPS) is 14.4. The lowest BCUT2D eigenvalue weighted by atomic mass is 10.1. The highest BCUT2D eigenvalue weighted by Crippen LogP contribution is 2.32. The molecule has 4 N–H and O–H groups in total. The summed E-state index contributed by atoms with van der Waals surface area (Å²) in [6, 6.07) is 15.9. The van der Waals surface area contributed by atoms with Gasteiger partial charge in [0.25, 0.3) is 0 Å². The topological polar surface area (TPSA) is 119 Å². The molecule has 1 aliphatic heterocycles. The first-order chi connectivity index (χ1) is 18.0. The Hall–Kier alpha value is -3.40. The van der Waals surface area contributed by atoms with Crippen LogP contribution in [0.15, 0.2) is 64.1 Å². The fourth-order valence-corrected chi connectivity index (χ4v) is 5.08. The van der Waals surface area contributed by atoms with Gasteiger partial charge < -0.3 is 25.4 Å². The van der Waals surface area contributed by atoms with Crippen LogP contribution in [0.1, 0.15) is 32.3 Å². The summed E-state index contributed by atoms with van der Waals surface area (Å²) in [5.74, 6) is 0.886. The molecule has 0 unspecified atom stereocenters. The van der Waals surface area contributed by atoms with Gasteiger partial charge in [-0.25, -0.2) is 9.97 Å². The van der Waals surface area contributed by atoms with E-state index >= 15 is 0 Å². The van der Waals surface area contributed by atoms with Gasteiger partial charge in [-0.05, 0) is 31.0 Å². The molecule has 4 aromatic rings. The SMILES string of the molecule is CC(C)Sc1ccc(-c2cnc(N)c(-c3cc(-c4ccc(CNC5CCOCC5)c(O)c4)no3)n2)cc1. The quantitative estimate of drug-likeness (QED) is 0.259. The van der Waals surface area contributed by atoms with Crippen LogP contribution in [0.2, 0.25) is 0 Å². The van der Waals surface area contributed by atoms with Crippen molar-refractivity contribution >= 4 is 17.6 Å². The number of nitrogens with one attached hydrogen (secondary N) is 1. The standard InChI is InChI=1S/C28H31N5O3S/c1-17(2)37-22-7-5-18(6-8-22)24-16-31-28(29)27(32-24)26-14-23(33-36-26)19-3-4-20(25(34)13-19)15-30-21-9-11-35-12-10-21/h3-8,13-14,16-17,21,30,34H,9-12,15H2,1-2H3,(H2,29,31). The molecule has 0 spiro atoms. The third-order valence-corrected chi connectivity index (χ3v) is 7.27. The molecular formula is C28H31N5O3S. The molecule has 1 saturated heterocycles. The summed E-state index contributed by atoms with van der Waals surface area (Å²) in [5.41, 5.74) is 10.4. The van der Waals surface area contributed by atoms with Crippen molar-refractivity contribution in [1.29, 1.82) is 0 Å². The fraction of sp³-hybridized carbons (Fsp3) is 0.321. The van der Waals surface area contributed by atoms with E-state index in [1.165, 1.54) is 4.90 Å². The van der Waals surface area contributed by atoms with Gasteiger partial charge >= 0.3 is 0 Å². The molecule has 8 nitrogen and oxygen atoms in total. The van der Waals surface area contributed by atoms with Gasteiger partial charge in [0.05, 0.1) is 11.9 Å². The molecule has 0 saturated carbocycles. The number of rotatable bonds is 8. The van der Waals surface area contributed by atoms with Crippen LogP contribution in [0, 0.1) is 0 Å². The molecule has 0 aliphatic carbocycles. The Bertz CT molecular complexity index is 1350. The molecule has 0 amide bonds. The number of thioether (sulfide) groups is 1. The predicted molar refractivity (Wildman–Crippen MR) is 146 cm³/mol. The number of phenols is 1. The number of hydrogen-bond donors (Lipinski definition) is 3. The predicted octanol–water partition coefficient (Wildman–Crippen LogP) is 5.52. The average Bonchev–Trinajstić information content (AvgIpc) is 3.39. The fourth-order valence-electron chi connectivity index (χ4n) is 4.25. The molecule has 37 heavy (non-hydrogen) atoms. The Morgan fingerprint density at radius 1 is 1.05 bits per heavy atom. The number of hydrogen-bond acceptors (Lipinski definition) is 9. The molecule has 0 atom stereocenters. The molecule has 1 fully saturated rings. The number of nitrogen functional groups attached to an aromatic ring is 1. The minimum atomic E-state index is 0.210. The zero-order chi connectivity index (χ0) is 25.8. The first-order valence-electron chi connectivity index (χ1n) is 12.5. The smallest absolute Gasteiger partial charge is 0.189 e. The van der Waals surface area contributed by atoms with Crippen LogP contribution in [-0.2, 0) is 11.3 Å².